The highest BCUT2D eigenvalue weighted by Gasteiger charge is 2.30. The van der Waals surface area contributed by atoms with Gasteiger partial charge in [0.05, 0.1) is 23.2 Å². The van der Waals surface area contributed by atoms with Crippen molar-refractivity contribution in [2.45, 2.75) is 32.2 Å². The van der Waals surface area contributed by atoms with Crippen molar-refractivity contribution in [2.24, 2.45) is 0 Å². The summed E-state index contributed by atoms with van der Waals surface area (Å²) >= 11 is 0. The van der Waals surface area contributed by atoms with Gasteiger partial charge in [-0.3, -0.25) is 29.1 Å². The monoisotopic (exact) mass is 507 g/mol. The van der Waals surface area contributed by atoms with Crippen molar-refractivity contribution < 1.29 is 27.6 Å². The number of anilines is 1. The third kappa shape index (κ3) is 4.60. The molecule has 1 aliphatic heterocycles. The molecule has 0 aliphatic carbocycles. The quantitative estimate of drug-likeness (QED) is 0.397. The lowest BCUT2D eigenvalue weighted by molar-refractivity contribution is -0.135. The van der Waals surface area contributed by atoms with Crippen LogP contribution >= 0.6 is 0 Å². The number of para-hydroxylation sites is 1. The van der Waals surface area contributed by atoms with Gasteiger partial charge in [0.2, 0.25) is 23.6 Å². The SMILES string of the molecule is Cc1nc2c(NC(=O)Cc3coc(-c4ccc(F)c(F)c4)n3)cccc2c(=O)n1C1CCC(=O)NC1=O. The molecule has 3 heterocycles. The van der Waals surface area contributed by atoms with Crippen LogP contribution < -0.4 is 16.2 Å². The zero-order valence-electron chi connectivity index (χ0n) is 19.4. The van der Waals surface area contributed by atoms with E-state index in [1.54, 1.807) is 19.1 Å². The van der Waals surface area contributed by atoms with Gasteiger partial charge >= 0.3 is 0 Å². The second-order valence-electron chi connectivity index (χ2n) is 8.50. The van der Waals surface area contributed by atoms with Crippen LogP contribution in [0, 0.1) is 18.6 Å². The van der Waals surface area contributed by atoms with Crippen LogP contribution in [0.1, 0.15) is 30.4 Å². The fourth-order valence-electron chi connectivity index (χ4n) is 4.23. The molecule has 0 saturated carbocycles. The van der Waals surface area contributed by atoms with Crippen LogP contribution in [-0.4, -0.2) is 32.3 Å². The molecule has 1 saturated heterocycles. The van der Waals surface area contributed by atoms with E-state index in [1.165, 1.54) is 23.0 Å². The van der Waals surface area contributed by atoms with Gasteiger partial charge in [0.25, 0.3) is 5.56 Å². The molecule has 5 rings (SSSR count). The lowest BCUT2D eigenvalue weighted by Crippen LogP contribution is -2.45. The van der Waals surface area contributed by atoms with Crippen LogP contribution in [0.3, 0.4) is 0 Å². The Bertz CT molecular complexity index is 1640. The Morgan fingerprint density at radius 1 is 1.16 bits per heavy atom. The minimum Gasteiger partial charge on any atom is -0.444 e. The molecule has 3 amide bonds. The van der Waals surface area contributed by atoms with E-state index < -0.39 is 41.0 Å². The molecule has 1 aliphatic rings. The zero-order valence-corrected chi connectivity index (χ0v) is 19.4. The van der Waals surface area contributed by atoms with Crippen LogP contribution in [0.5, 0.6) is 0 Å². The van der Waals surface area contributed by atoms with Crippen LogP contribution in [0.15, 0.2) is 51.9 Å². The molecule has 12 heteroatoms. The van der Waals surface area contributed by atoms with Gasteiger partial charge in [0, 0.05) is 12.0 Å². The van der Waals surface area contributed by atoms with Gasteiger partial charge in [0.15, 0.2) is 11.6 Å². The first-order valence-electron chi connectivity index (χ1n) is 11.3. The Hall–Kier alpha value is -4.74. The highest BCUT2D eigenvalue weighted by molar-refractivity contribution is 6.01. The van der Waals surface area contributed by atoms with Crippen molar-refractivity contribution >= 4 is 34.3 Å². The smallest absolute Gasteiger partial charge is 0.262 e. The topological polar surface area (TPSA) is 136 Å². The molecular weight excluding hydrogens is 488 g/mol. The third-order valence-corrected chi connectivity index (χ3v) is 5.96. The average molecular weight is 507 g/mol. The number of hydrogen-bond donors (Lipinski definition) is 2. The summed E-state index contributed by atoms with van der Waals surface area (Å²) in [6.07, 6.45) is 1.33. The van der Waals surface area contributed by atoms with E-state index in [2.05, 4.69) is 20.6 Å². The number of aryl methyl sites for hydroxylation is 1. The second-order valence-corrected chi connectivity index (χ2v) is 8.50. The number of fused-ring (bicyclic) bond motifs is 1. The number of amides is 3. The van der Waals surface area contributed by atoms with Crippen LogP contribution in [0.4, 0.5) is 14.5 Å². The number of carbonyl (C=O) groups excluding carboxylic acids is 3. The molecule has 37 heavy (non-hydrogen) atoms. The Labute approximate surface area is 207 Å². The van der Waals surface area contributed by atoms with Crippen molar-refractivity contribution in [3.8, 4) is 11.5 Å². The first-order valence-corrected chi connectivity index (χ1v) is 11.3. The largest absolute Gasteiger partial charge is 0.444 e. The van der Waals surface area contributed by atoms with E-state index in [0.717, 1.165) is 12.1 Å². The lowest BCUT2D eigenvalue weighted by atomic mass is 10.1. The molecule has 1 unspecified atom stereocenters. The van der Waals surface area contributed by atoms with Gasteiger partial charge in [-0.15, -0.1) is 0 Å². The third-order valence-electron chi connectivity index (χ3n) is 5.96. The summed E-state index contributed by atoms with van der Waals surface area (Å²) < 4.78 is 33.2. The maximum atomic E-state index is 13.5. The summed E-state index contributed by atoms with van der Waals surface area (Å²) in [4.78, 5) is 58.4. The van der Waals surface area contributed by atoms with Crippen molar-refractivity contribution in [1.82, 2.24) is 19.9 Å². The molecule has 0 spiro atoms. The minimum atomic E-state index is -1.05. The molecule has 10 nitrogen and oxygen atoms in total. The van der Waals surface area contributed by atoms with Crippen LogP contribution in [0.25, 0.3) is 22.4 Å². The second kappa shape index (κ2) is 9.37. The zero-order chi connectivity index (χ0) is 26.3. The number of nitrogens with zero attached hydrogens (tertiary/aromatic N) is 3. The van der Waals surface area contributed by atoms with Crippen molar-refractivity contribution in [1.29, 1.82) is 0 Å². The fraction of sp³-hybridized carbons (Fsp3) is 0.200. The predicted molar refractivity (Wildman–Crippen MR) is 126 cm³/mol. The van der Waals surface area contributed by atoms with Crippen LogP contribution in [0.2, 0.25) is 0 Å². The van der Waals surface area contributed by atoms with Crippen molar-refractivity contribution in [3.05, 3.63) is 76.2 Å². The van der Waals surface area contributed by atoms with E-state index in [-0.39, 0.29) is 58.8 Å². The molecule has 2 aromatic heterocycles. The average Bonchev–Trinajstić information content (AvgIpc) is 3.31. The Kier molecular flexibility index (Phi) is 6.07. The van der Waals surface area contributed by atoms with Gasteiger partial charge in [-0.2, -0.15) is 0 Å². The van der Waals surface area contributed by atoms with E-state index in [0.29, 0.717) is 0 Å². The molecule has 1 fully saturated rings. The van der Waals surface area contributed by atoms with Crippen LogP contribution in [-0.2, 0) is 20.8 Å². The lowest BCUT2D eigenvalue weighted by Gasteiger charge is -2.24. The minimum absolute atomic E-state index is 0.0261. The number of rotatable bonds is 5. The van der Waals surface area contributed by atoms with Gasteiger partial charge in [0.1, 0.15) is 23.6 Å². The first kappa shape index (κ1) is 24.0. The number of carbonyl (C=O) groups is 3. The fourth-order valence-corrected chi connectivity index (χ4v) is 4.23. The summed E-state index contributed by atoms with van der Waals surface area (Å²) in [5, 5.41) is 5.13. The Morgan fingerprint density at radius 2 is 1.97 bits per heavy atom. The van der Waals surface area contributed by atoms with Crippen molar-refractivity contribution in [3.63, 3.8) is 0 Å². The summed E-state index contributed by atoms with van der Waals surface area (Å²) in [5.41, 5.74) is 0.515. The maximum Gasteiger partial charge on any atom is 0.262 e. The molecule has 2 N–H and O–H groups in total. The number of halogens is 2. The number of oxazole rings is 1. The van der Waals surface area contributed by atoms with Gasteiger partial charge < -0.3 is 9.73 Å². The van der Waals surface area contributed by atoms with Gasteiger partial charge in [-0.25, -0.2) is 18.7 Å². The number of benzene rings is 2. The molecule has 188 valence electrons. The summed E-state index contributed by atoms with van der Waals surface area (Å²) in [7, 11) is 0. The van der Waals surface area contributed by atoms with Gasteiger partial charge in [-0.05, 0) is 43.7 Å². The molecule has 4 aromatic rings. The predicted octanol–water partition coefficient (Wildman–Crippen LogP) is 2.80. The maximum absolute atomic E-state index is 13.5. The number of piperidine rings is 1. The number of hydrogen-bond acceptors (Lipinski definition) is 7. The number of imide groups is 1. The normalized spacial score (nSPS) is 15.6. The van der Waals surface area contributed by atoms with Gasteiger partial charge in [-0.1, -0.05) is 6.07 Å². The van der Waals surface area contributed by atoms with E-state index in [1.807, 2.05) is 0 Å². The van der Waals surface area contributed by atoms with E-state index >= 15 is 0 Å². The number of nitrogens with one attached hydrogen (secondary N) is 2. The summed E-state index contributed by atoms with van der Waals surface area (Å²) in [6, 6.07) is 7.02. The highest BCUT2D eigenvalue weighted by Crippen LogP contribution is 2.24. The Balaban J connectivity index is 1.38. The molecule has 0 bridgehead atoms. The van der Waals surface area contributed by atoms with E-state index in [9.17, 15) is 28.0 Å². The summed E-state index contributed by atoms with van der Waals surface area (Å²) in [6.45, 7) is 1.57. The highest BCUT2D eigenvalue weighted by atomic mass is 19.2. The van der Waals surface area contributed by atoms with Crippen molar-refractivity contribution in [2.75, 3.05) is 5.32 Å². The molecule has 1 atom stereocenters. The number of aromatic nitrogens is 3. The standard InChI is InChI=1S/C25H19F2N5O5/c1-12-28-22-15(25(36)32(12)19-7-8-20(33)31-23(19)35)3-2-4-18(22)30-21(34)10-14-11-37-24(29-14)13-5-6-16(26)17(27)9-13/h2-6,9,11,19H,7-8,10H2,1H3,(H,30,34)(H,31,33,35). The van der Waals surface area contributed by atoms with E-state index in [4.69, 9.17) is 4.42 Å². The summed E-state index contributed by atoms with van der Waals surface area (Å²) in [5.74, 6) is -3.22. The molecule has 0 radical (unpaired) electrons. The molecule has 2 aromatic carbocycles. The molecular formula is C25H19F2N5O5. The first-order chi connectivity index (χ1) is 17.7. The Morgan fingerprint density at radius 3 is 2.73 bits per heavy atom.